The van der Waals surface area contributed by atoms with E-state index >= 15 is 0 Å². The first-order valence-corrected chi connectivity index (χ1v) is 13.1. The fourth-order valence-corrected chi connectivity index (χ4v) is 5.65. The number of H-pyrrole nitrogens is 1. The van der Waals surface area contributed by atoms with Gasteiger partial charge in [-0.3, -0.25) is 18.9 Å². The van der Waals surface area contributed by atoms with Crippen LogP contribution in [0.15, 0.2) is 28.1 Å². The molecule has 1 aromatic heterocycles. The van der Waals surface area contributed by atoms with Crippen molar-refractivity contribution in [2.45, 2.75) is 31.0 Å². The summed E-state index contributed by atoms with van der Waals surface area (Å²) in [4.78, 5) is 61.5. The van der Waals surface area contributed by atoms with Crippen LogP contribution in [0.3, 0.4) is 0 Å². The molecule has 6 atom stereocenters. The average molecular weight is 539 g/mol. The Hall–Kier alpha value is -1.49. The summed E-state index contributed by atoms with van der Waals surface area (Å²) in [6.07, 6.45) is -3.25. The van der Waals surface area contributed by atoms with Gasteiger partial charge in [0.25, 0.3) is 5.56 Å². The van der Waals surface area contributed by atoms with E-state index < -0.39 is 65.9 Å². The summed E-state index contributed by atoms with van der Waals surface area (Å²) in [6.45, 7) is -1.07. The number of aliphatic hydroxyl groups is 2. The second-order valence-electron chi connectivity index (χ2n) is 6.39. The van der Waals surface area contributed by atoms with Crippen LogP contribution in [0.25, 0.3) is 0 Å². The molecule has 0 saturated carbocycles. The predicted molar refractivity (Wildman–Crippen MR) is 104 cm³/mol. The fourth-order valence-electron chi connectivity index (χ4n) is 2.62. The van der Waals surface area contributed by atoms with Crippen LogP contribution in [-0.4, -0.2) is 64.3 Å². The monoisotopic (exact) mass is 539 g/mol. The third-order valence-corrected chi connectivity index (χ3v) is 7.75. The molecule has 1 fully saturated rings. The Labute approximate surface area is 183 Å². The molecule has 0 radical (unpaired) electrons. The average Bonchev–Trinajstić information content (AvgIpc) is 2.91. The molecular weight excluding hydrogens is 519 g/mol. The van der Waals surface area contributed by atoms with Gasteiger partial charge in [-0.05, 0) is 12.6 Å². The fraction of sp³-hybridized carbons (Fsp3) is 0.500. The number of aromatic amines is 1. The normalized spacial score (nSPS) is 27.5. The van der Waals surface area contributed by atoms with Crippen LogP contribution in [0.4, 0.5) is 0 Å². The van der Waals surface area contributed by atoms with E-state index in [0.717, 1.165) is 17.0 Å². The molecule has 2 unspecified atom stereocenters. The summed E-state index contributed by atoms with van der Waals surface area (Å²) in [5.41, 5.74) is 3.48. The Balaban J connectivity index is 2.14. The second kappa shape index (κ2) is 10.4. The number of rotatable bonds is 10. The molecule has 33 heavy (non-hydrogen) atoms. The second-order valence-corrected chi connectivity index (χ2v) is 10.8. The Bertz CT molecular complexity index is 1140. The maximum absolute atomic E-state index is 12.1. The van der Waals surface area contributed by atoms with E-state index in [1.165, 1.54) is 6.08 Å². The van der Waals surface area contributed by atoms with E-state index in [0.29, 0.717) is 0 Å². The van der Waals surface area contributed by atoms with E-state index in [2.05, 4.69) is 13.1 Å². The van der Waals surface area contributed by atoms with Crippen molar-refractivity contribution >= 4 is 23.5 Å². The van der Waals surface area contributed by atoms with Gasteiger partial charge in [-0.2, -0.15) is 8.62 Å². The van der Waals surface area contributed by atoms with Crippen molar-refractivity contribution in [3.8, 4) is 0 Å². The van der Waals surface area contributed by atoms with E-state index in [-0.39, 0.29) is 12.0 Å². The lowest BCUT2D eigenvalue weighted by molar-refractivity contribution is -0.0543. The van der Waals surface area contributed by atoms with Gasteiger partial charge in [-0.15, -0.1) is 0 Å². The number of nitrogens with two attached hydrogens (primary N) is 1. The van der Waals surface area contributed by atoms with Crippen molar-refractivity contribution in [2.24, 2.45) is 5.73 Å². The number of allylic oxidation sites excluding steroid dienone is 1. The highest BCUT2D eigenvalue weighted by atomic mass is 31.3. The van der Waals surface area contributed by atoms with Crippen molar-refractivity contribution in [1.82, 2.24) is 9.55 Å². The van der Waals surface area contributed by atoms with Crippen molar-refractivity contribution < 1.29 is 61.4 Å². The van der Waals surface area contributed by atoms with E-state index in [4.69, 9.17) is 25.2 Å². The molecule has 18 nitrogen and oxygen atoms in total. The number of nitrogens with zero attached hydrogens (tertiary/aromatic N) is 1. The van der Waals surface area contributed by atoms with Crippen LogP contribution in [0.5, 0.6) is 0 Å². The van der Waals surface area contributed by atoms with E-state index in [9.17, 15) is 38.4 Å². The lowest BCUT2D eigenvalue weighted by Gasteiger charge is -2.19. The molecule has 188 valence electrons. The SMILES string of the molecule is N/C=C\Cc1cn([C@@H]2O[C@H](COP(=O)(O)OP(=O)(O)OP(=O)(O)O)[C@@H](O)[C@H]2O)c(=O)[nH]c1=O. The lowest BCUT2D eigenvalue weighted by atomic mass is 10.1. The summed E-state index contributed by atoms with van der Waals surface area (Å²) in [5, 5.41) is 20.3. The van der Waals surface area contributed by atoms with E-state index in [1.54, 1.807) is 0 Å². The van der Waals surface area contributed by atoms with Crippen LogP contribution in [-0.2, 0) is 38.0 Å². The van der Waals surface area contributed by atoms with Gasteiger partial charge < -0.3 is 40.3 Å². The molecule has 0 amide bonds. The molecule has 2 rings (SSSR count). The molecule has 0 aliphatic carbocycles. The summed E-state index contributed by atoms with van der Waals surface area (Å²) >= 11 is 0. The third kappa shape index (κ3) is 7.77. The van der Waals surface area contributed by atoms with Crippen molar-refractivity contribution in [3.05, 3.63) is 44.9 Å². The van der Waals surface area contributed by atoms with Gasteiger partial charge in [0.2, 0.25) is 0 Å². The number of hydrogen-bond donors (Lipinski definition) is 8. The van der Waals surface area contributed by atoms with Crippen LogP contribution >= 0.6 is 23.5 Å². The van der Waals surface area contributed by atoms with Gasteiger partial charge >= 0.3 is 29.2 Å². The summed E-state index contributed by atoms with van der Waals surface area (Å²) < 4.78 is 51.1. The maximum Gasteiger partial charge on any atom is 0.490 e. The minimum Gasteiger partial charge on any atom is -0.405 e. The minimum absolute atomic E-state index is 0.00690. The summed E-state index contributed by atoms with van der Waals surface area (Å²) in [6, 6.07) is 0. The Morgan fingerprint density at radius 2 is 1.73 bits per heavy atom. The first kappa shape index (κ1) is 27.8. The molecule has 0 bridgehead atoms. The Morgan fingerprint density at radius 1 is 1.09 bits per heavy atom. The third-order valence-electron chi connectivity index (χ3n) is 3.94. The lowest BCUT2D eigenvalue weighted by Crippen LogP contribution is -2.38. The highest BCUT2D eigenvalue weighted by Crippen LogP contribution is 2.66. The molecule has 1 aliphatic rings. The number of phosphoric acid groups is 3. The number of aromatic nitrogens is 2. The molecular formula is C12H20N3O15P3. The highest BCUT2D eigenvalue weighted by Gasteiger charge is 2.46. The number of phosphoric ester groups is 1. The van der Waals surface area contributed by atoms with Crippen LogP contribution < -0.4 is 17.0 Å². The van der Waals surface area contributed by atoms with Crippen molar-refractivity contribution in [1.29, 1.82) is 0 Å². The molecule has 2 heterocycles. The zero-order valence-electron chi connectivity index (χ0n) is 16.2. The summed E-state index contributed by atoms with van der Waals surface area (Å²) in [5.74, 6) is 0. The largest absolute Gasteiger partial charge is 0.490 e. The molecule has 1 saturated heterocycles. The molecule has 21 heteroatoms. The van der Waals surface area contributed by atoms with Crippen molar-refractivity contribution in [3.63, 3.8) is 0 Å². The minimum atomic E-state index is -5.76. The van der Waals surface area contributed by atoms with Gasteiger partial charge in [0.1, 0.15) is 18.3 Å². The number of aliphatic hydroxyl groups excluding tert-OH is 2. The van der Waals surface area contributed by atoms with Crippen LogP contribution in [0.2, 0.25) is 0 Å². The van der Waals surface area contributed by atoms with Crippen LogP contribution in [0.1, 0.15) is 11.8 Å². The molecule has 0 aromatic carbocycles. The molecule has 1 aliphatic heterocycles. The summed E-state index contributed by atoms with van der Waals surface area (Å²) in [7, 11) is -16.9. The first-order valence-electron chi connectivity index (χ1n) is 8.56. The number of hydrogen-bond acceptors (Lipinski definition) is 12. The Kier molecular flexibility index (Phi) is 8.76. The molecule has 9 N–H and O–H groups in total. The maximum atomic E-state index is 12.1. The van der Waals surface area contributed by atoms with Crippen LogP contribution in [0, 0.1) is 0 Å². The Morgan fingerprint density at radius 3 is 2.30 bits per heavy atom. The van der Waals surface area contributed by atoms with Crippen molar-refractivity contribution in [2.75, 3.05) is 6.61 Å². The number of ether oxygens (including phenoxy) is 1. The molecule has 0 spiro atoms. The highest BCUT2D eigenvalue weighted by molar-refractivity contribution is 7.66. The first-order chi connectivity index (χ1) is 15.1. The van der Waals surface area contributed by atoms with E-state index in [1.807, 2.05) is 4.98 Å². The molecule has 1 aromatic rings. The van der Waals surface area contributed by atoms with Gasteiger partial charge in [-0.25, -0.2) is 18.5 Å². The van der Waals surface area contributed by atoms with Gasteiger partial charge in [0.15, 0.2) is 6.23 Å². The zero-order chi connectivity index (χ0) is 25.2. The number of nitrogens with one attached hydrogen (secondary N) is 1. The standard InChI is InChI=1S/C12H20N3O15P3/c13-3-1-2-6-4-15(12(19)14-10(6)18)11-9(17)8(16)7(28-11)5-27-32(23,24)30-33(25,26)29-31(20,21)22/h1,3-4,7-9,11,16-17H,2,5,13H2,(H,23,24)(H,25,26)(H,14,18,19)(H2,20,21,22)/b3-1-/t7-,8-,9-,11-/m1/s1. The topological polar surface area (TPSA) is 290 Å². The van der Waals surface area contributed by atoms with Gasteiger partial charge in [0.05, 0.1) is 6.61 Å². The van der Waals surface area contributed by atoms with Gasteiger partial charge in [0, 0.05) is 11.8 Å². The predicted octanol–water partition coefficient (Wildman–Crippen LogP) is -2.49. The quantitative estimate of drug-likeness (QED) is 0.143. The zero-order valence-corrected chi connectivity index (χ0v) is 18.9. The van der Waals surface area contributed by atoms with Gasteiger partial charge in [-0.1, -0.05) is 6.08 Å². The smallest absolute Gasteiger partial charge is 0.405 e.